The van der Waals surface area contributed by atoms with Gasteiger partial charge in [-0.25, -0.2) is 0 Å². The summed E-state index contributed by atoms with van der Waals surface area (Å²) in [5, 5.41) is 22.4. The van der Waals surface area contributed by atoms with Crippen LogP contribution >= 0.6 is 23.2 Å². The number of hydrogen-bond donors (Lipinski definition) is 1. The molecule has 0 bridgehead atoms. The first-order valence-electron chi connectivity index (χ1n) is 13.0. The van der Waals surface area contributed by atoms with E-state index in [1.165, 1.54) is 18.2 Å². The van der Waals surface area contributed by atoms with E-state index in [2.05, 4.69) is 6.07 Å². The summed E-state index contributed by atoms with van der Waals surface area (Å²) in [7, 11) is 0. The van der Waals surface area contributed by atoms with Gasteiger partial charge in [-0.2, -0.15) is 5.26 Å². The van der Waals surface area contributed by atoms with Crippen molar-refractivity contribution in [1.82, 2.24) is 0 Å². The number of anilines is 1. The van der Waals surface area contributed by atoms with E-state index in [1.54, 1.807) is 29.2 Å². The molecular weight excluding hydrogens is 563 g/mol. The standard InChI is InChI=1S/C31H26Cl2N4O4/c1-17-12-19(16-41-22-9-6-20(32)7-10-22)18(2)23(13-17)29-24(15-34)31(35)36(27-4-3-5-28(38)30(27)29)26-11-8-21(37(39)40)14-25(26)33/h6-14,29H,3-5,16,35H2,1-2H3. The molecule has 1 heterocycles. The van der Waals surface area contributed by atoms with E-state index in [0.717, 1.165) is 22.3 Å². The summed E-state index contributed by atoms with van der Waals surface area (Å²) in [6.07, 6.45) is 1.47. The van der Waals surface area contributed by atoms with Gasteiger partial charge in [-0.15, -0.1) is 0 Å². The number of ether oxygens (including phenoxy) is 1. The van der Waals surface area contributed by atoms with Crippen molar-refractivity contribution >= 4 is 40.4 Å². The summed E-state index contributed by atoms with van der Waals surface area (Å²) >= 11 is 12.5. The van der Waals surface area contributed by atoms with Crippen LogP contribution in [0.1, 0.15) is 47.4 Å². The lowest BCUT2D eigenvalue weighted by atomic mass is 9.73. The highest BCUT2D eigenvalue weighted by Crippen LogP contribution is 2.48. The molecule has 0 spiro atoms. The first kappa shape index (κ1) is 28.2. The predicted octanol–water partition coefficient (Wildman–Crippen LogP) is 7.40. The van der Waals surface area contributed by atoms with Crippen LogP contribution in [0.15, 0.2) is 77.3 Å². The van der Waals surface area contributed by atoms with Crippen molar-refractivity contribution < 1.29 is 14.5 Å². The van der Waals surface area contributed by atoms with Crippen molar-refractivity contribution in [2.45, 2.75) is 45.6 Å². The number of carbonyl (C=O) groups excluding carboxylic acids is 1. The topological polar surface area (TPSA) is 122 Å². The predicted molar refractivity (Wildman–Crippen MR) is 158 cm³/mol. The number of nitrogens with two attached hydrogens (primary N) is 1. The number of carbonyl (C=O) groups is 1. The maximum absolute atomic E-state index is 13.6. The summed E-state index contributed by atoms with van der Waals surface area (Å²) in [5.41, 5.74) is 11.8. The Morgan fingerprint density at radius 2 is 1.85 bits per heavy atom. The lowest BCUT2D eigenvalue weighted by molar-refractivity contribution is -0.384. The first-order chi connectivity index (χ1) is 19.6. The van der Waals surface area contributed by atoms with Crippen molar-refractivity contribution in [2.24, 2.45) is 5.73 Å². The van der Waals surface area contributed by atoms with E-state index in [9.17, 15) is 20.2 Å². The molecule has 0 aromatic heterocycles. The van der Waals surface area contributed by atoms with Crippen LogP contribution in [0.3, 0.4) is 0 Å². The highest BCUT2D eigenvalue weighted by molar-refractivity contribution is 6.33. The number of hydrogen-bond acceptors (Lipinski definition) is 7. The van der Waals surface area contributed by atoms with E-state index in [1.807, 2.05) is 26.0 Å². The fourth-order valence-corrected chi connectivity index (χ4v) is 5.95. The summed E-state index contributed by atoms with van der Waals surface area (Å²) in [6.45, 7) is 4.19. The number of nitro benzene ring substituents is 1. The molecule has 0 fully saturated rings. The minimum Gasteiger partial charge on any atom is -0.489 e. The van der Waals surface area contributed by atoms with E-state index in [0.29, 0.717) is 47.0 Å². The van der Waals surface area contributed by atoms with E-state index in [-0.39, 0.29) is 34.5 Å². The maximum atomic E-state index is 13.6. The number of non-ortho nitro benzene ring substituents is 1. The number of Topliss-reactive ketones (excluding diaryl/α,β-unsaturated/α-hetero) is 1. The molecule has 5 rings (SSSR count). The molecule has 2 aliphatic rings. The van der Waals surface area contributed by atoms with Gasteiger partial charge in [0, 0.05) is 34.8 Å². The molecule has 41 heavy (non-hydrogen) atoms. The average molecular weight is 589 g/mol. The van der Waals surface area contributed by atoms with Crippen LogP contribution < -0.4 is 15.4 Å². The van der Waals surface area contributed by atoms with Crippen molar-refractivity contribution in [3.8, 4) is 11.8 Å². The first-order valence-corrected chi connectivity index (χ1v) is 13.7. The second-order valence-electron chi connectivity index (χ2n) is 10.1. The van der Waals surface area contributed by atoms with E-state index >= 15 is 0 Å². The Kier molecular flexibility index (Phi) is 7.76. The van der Waals surface area contributed by atoms with Crippen LogP contribution in [0.5, 0.6) is 5.75 Å². The van der Waals surface area contributed by atoms with E-state index in [4.69, 9.17) is 33.7 Å². The number of halogens is 2. The van der Waals surface area contributed by atoms with Gasteiger partial charge in [0.2, 0.25) is 0 Å². The zero-order chi connectivity index (χ0) is 29.4. The van der Waals surface area contributed by atoms with Gasteiger partial charge >= 0.3 is 0 Å². The number of nitriles is 1. The molecule has 1 aliphatic heterocycles. The largest absolute Gasteiger partial charge is 0.489 e. The molecule has 0 amide bonds. The summed E-state index contributed by atoms with van der Waals surface area (Å²) in [4.78, 5) is 26.0. The molecule has 1 aliphatic carbocycles. The Hall–Kier alpha value is -4.32. The molecule has 0 saturated carbocycles. The van der Waals surface area contributed by atoms with Crippen molar-refractivity contribution in [3.63, 3.8) is 0 Å². The molecule has 10 heteroatoms. The van der Waals surface area contributed by atoms with Gasteiger partial charge in [-0.3, -0.25) is 19.8 Å². The van der Waals surface area contributed by atoms with Gasteiger partial charge in [0.1, 0.15) is 18.2 Å². The van der Waals surface area contributed by atoms with Crippen molar-refractivity contribution in [3.05, 3.63) is 120 Å². The lowest BCUT2D eigenvalue weighted by Crippen LogP contribution is -2.39. The molecular formula is C31H26Cl2N4O4. The van der Waals surface area contributed by atoms with Crippen LogP contribution in [0.4, 0.5) is 11.4 Å². The second kappa shape index (κ2) is 11.3. The molecule has 2 N–H and O–H groups in total. The number of allylic oxidation sites excluding steroid dienone is 3. The highest BCUT2D eigenvalue weighted by atomic mass is 35.5. The summed E-state index contributed by atoms with van der Waals surface area (Å²) in [5.74, 6) is 0.0606. The van der Waals surface area contributed by atoms with Crippen LogP contribution in [-0.2, 0) is 11.4 Å². The van der Waals surface area contributed by atoms with Crippen LogP contribution in [0.2, 0.25) is 10.0 Å². The molecule has 0 saturated heterocycles. The molecule has 208 valence electrons. The monoisotopic (exact) mass is 588 g/mol. The smallest absolute Gasteiger partial charge is 0.271 e. The molecule has 1 unspecified atom stereocenters. The Morgan fingerprint density at radius 1 is 1.12 bits per heavy atom. The zero-order valence-corrected chi connectivity index (χ0v) is 23.9. The van der Waals surface area contributed by atoms with Crippen LogP contribution in [0.25, 0.3) is 0 Å². The normalized spacial score (nSPS) is 16.9. The highest BCUT2D eigenvalue weighted by Gasteiger charge is 2.41. The SMILES string of the molecule is Cc1cc(COc2ccc(Cl)cc2)c(C)c(C2C(C#N)=C(N)N(c3ccc([N+](=O)[O-])cc3Cl)C3=C2C(=O)CCC3)c1. The number of nitro groups is 1. The lowest BCUT2D eigenvalue weighted by Gasteiger charge is -2.40. The third-order valence-electron chi connectivity index (χ3n) is 7.52. The fourth-order valence-electron chi connectivity index (χ4n) is 5.57. The molecule has 3 aromatic carbocycles. The number of nitrogens with zero attached hydrogens (tertiary/aromatic N) is 3. The quantitative estimate of drug-likeness (QED) is 0.235. The van der Waals surface area contributed by atoms with E-state index < -0.39 is 10.8 Å². The number of ketones is 1. The molecule has 1 atom stereocenters. The molecule has 3 aromatic rings. The third kappa shape index (κ3) is 5.26. The Morgan fingerprint density at radius 3 is 2.51 bits per heavy atom. The van der Waals surface area contributed by atoms with Crippen molar-refractivity contribution in [2.75, 3.05) is 4.90 Å². The molecule has 8 nitrogen and oxygen atoms in total. The minimum absolute atomic E-state index is 0.0700. The molecule has 0 radical (unpaired) electrons. The van der Waals surface area contributed by atoms with Crippen molar-refractivity contribution in [1.29, 1.82) is 5.26 Å². The van der Waals surface area contributed by atoms with Crippen LogP contribution in [0, 0.1) is 35.3 Å². The van der Waals surface area contributed by atoms with Gasteiger partial charge in [0.25, 0.3) is 5.69 Å². The van der Waals surface area contributed by atoms with Gasteiger partial charge in [-0.1, -0.05) is 40.9 Å². The average Bonchev–Trinajstić information content (AvgIpc) is 2.94. The Bertz CT molecular complexity index is 1690. The Balaban J connectivity index is 1.64. The second-order valence-corrected chi connectivity index (χ2v) is 10.9. The summed E-state index contributed by atoms with van der Waals surface area (Å²) < 4.78 is 6.03. The summed E-state index contributed by atoms with van der Waals surface area (Å²) in [6, 6.07) is 17.4. The third-order valence-corrected chi connectivity index (χ3v) is 8.07. The fraction of sp³-hybridized carbons (Fsp3) is 0.226. The Labute approximate surface area is 247 Å². The van der Waals surface area contributed by atoms with Gasteiger partial charge in [0.05, 0.1) is 33.2 Å². The van der Waals surface area contributed by atoms with Gasteiger partial charge in [0.15, 0.2) is 5.78 Å². The van der Waals surface area contributed by atoms with Gasteiger partial charge < -0.3 is 10.5 Å². The maximum Gasteiger partial charge on any atom is 0.271 e. The van der Waals surface area contributed by atoms with Gasteiger partial charge in [-0.05, 0) is 73.7 Å². The van der Waals surface area contributed by atoms with Crippen LogP contribution in [-0.4, -0.2) is 10.7 Å². The number of aryl methyl sites for hydroxylation is 1. The minimum atomic E-state index is -0.676. The number of rotatable bonds is 6. The number of benzene rings is 3. The zero-order valence-electron chi connectivity index (χ0n) is 22.4.